The Bertz CT molecular complexity index is 942. The number of carbonyl (C=O) groups excluding carboxylic acids is 3. The number of nitrogens with one attached hydrogen (secondary N) is 1. The number of amides is 3. The number of thioether (sulfide) groups is 1. The van der Waals surface area contributed by atoms with Crippen LogP contribution in [0.4, 0.5) is 10.5 Å². The van der Waals surface area contributed by atoms with Gasteiger partial charge < -0.3 is 10.1 Å². The maximum absolute atomic E-state index is 12.6. The first-order chi connectivity index (χ1) is 14.0. The van der Waals surface area contributed by atoms with E-state index >= 15 is 0 Å². The summed E-state index contributed by atoms with van der Waals surface area (Å²) in [4.78, 5) is 38.2. The Labute approximate surface area is 181 Å². The number of nitrogens with zero attached hydrogens (tertiary/aromatic N) is 1. The molecule has 0 atom stereocenters. The molecule has 1 aliphatic heterocycles. The van der Waals surface area contributed by atoms with Crippen LogP contribution in [0, 0.1) is 0 Å². The fourth-order valence-corrected chi connectivity index (χ4v) is 3.65. The lowest BCUT2D eigenvalue weighted by Crippen LogP contribution is -2.36. The van der Waals surface area contributed by atoms with Crippen LogP contribution in [0.1, 0.15) is 18.9 Å². The highest BCUT2D eigenvalue weighted by Gasteiger charge is 2.36. The van der Waals surface area contributed by atoms with Crippen molar-refractivity contribution in [1.29, 1.82) is 0 Å². The van der Waals surface area contributed by atoms with E-state index in [9.17, 15) is 14.4 Å². The summed E-state index contributed by atoms with van der Waals surface area (Å²) in [6, 6.07) is 14.3. The zero-order valence-electron chi connectivity index (χ0n) is 15.7. The Hall–Kier alpha value is -2.58. The van der Waals surface area contributed by atoms with Crippen LogP contribution in [0.5, 0.6) is 5.75 Å². The number of rotatable bonds is 7. The van der Waals surface area contributed by atoms with Gasteiger partial charge in [0.05, 0.1) is 11.5 Å². The summed E-state index contributed by atoms with van der Waals surface area (Å²) in [7, 11) is 0. The highest BCUT2D eigenvalue weighted by molar-refractivity contribution is 9.10. The van der Waals surface area contributed by atoms with E-state index in [4.69, 9.17) is 4.74 Å². The molecular formula is C21H19BrN2O4S. The number of halogens is 1. The van der Waals surface area contributed by atoms with Crippen molar-refractivity contribution in [2.75, 3.05) is 18.5 Å². The van der Waals surface area contributed by atoms with E-state index in [-0.39, 0.29) is 11.4 Å². The maximum atomic E-state index is 12.6. The van der Waals surface area contributed by atoms with Crippen molar-refractivity contribution in [3.63, 3.8) is 0 Å². The fraction of sp³-hybridized carbons (Fsp3) is 0.190. The van der Waals surface area contributed by atoms with Crippen molar-refractivity contribution in [2.24, 2.45) is 0 Å². The molecule has 0 bridgehead atoms. The number of carbonyl (C=O) groups is 3. The Balaban J connectivity index is 1.63. The standard InChI is InChI=1S/C21H19BrN2O4S/c1-2-11-28-17-9-3-14(4-10-17)12-18-20(26)24(21(27)29-18)13-19(25)23-16-7-5-15(22)6-8-16/h3-10,12H,2,11,13H2,1H3,(H,23,25)/b18-12-. The Kier molecular flexibility index (Phi) is 7.11. The van der Waals surface area contributed by atoms with Gasteiger partial charge in [0, 0.05) is 10.2 Å². The van der Waals surface area contributed by atoms with Gasteiger partial charge in [0.15, 0.2) is 0 Å². The van der Waals surface area contributed by atoms with E-state index in [1.54, 1.807) is 30.3 Å². The average molecular weight is 475 g/mol. The maximum Gasteiger partial charge on any atom is 0.294 e. The first kappa shape index (κ1) is 21.1. The smallest absolute Gasteiger partial charge is 0.294 e. The Morgan fingerprint density at radius 3 is 2.48 bits per heavy atom. The van der Waals surface area contributed by atoms with Gasteiger partial charge in [-0.05, 0) is 66.2 Å². The van der Waals surface area contributed by atoms with Crippen LogP contribution in [-0.4, -0.2) is 35.1 Å². The van der Waals surface area contributed by atoms with E-state index in [1.165, 1.54) is 0 Å². The molecule has 1 saturated heterocycles. The van der Waals surface area contributed by atoms with Crippen LogP contribution in [0.2, 0.25) is 0 Å². The van der Waals surface area contributed by atoms with Gasteiger partial charge >= 0.3 is 0 Å². The minimum absolute atomic E-state index is 0.286. The predicted octanol–water partition coefficient (Wildman–Crippen LogP) is 4.91. The van der Waals surface area contributed by atoms with Crippen molar-refractivity contribution < 1.29 is 19.1 Å². The Morgan fingerprint density at radius 1 is 1.14 bits per heavy atom. The predicted molar refractivity (Wildman–Crippen MR) is 118 cm³/mol. The third kappa shape index (κ3) is 5.71. The number of ether oxygens (including phenoxy) is 1. The highest BCUT2D eigenvalue weighted by atomic mass is 79.9. The Morgan fingerprint density at radius 2 is 1.83 bits per heavy atom. The normalized spacial score (nSPS) is 15.1. The van der Waals surface area contributed by atoms with E-state index in [2.05, 4.69) is 21.2 Å². The van der Waals surface area contributed by atoms with Crippen LogP contribution in [0.15, 0.2) is 57.9 Å². The van der Waals surface area contributed by atoms with Gasteiger partial charge in [-0.2, -0.15) is 0 Å². The number of hydrogen-bond acceptors (Lipinski definition) is 5. The molecular weight excluding hydrogens is 456 g/mol. The molecule has 3 amide bonds. The van der Waals surface area contributed by atoms with Gasteiger partial charge in [0.25, 0.3) is 11.1 Å². The monoisotopic (exact) mass is 474 g/mol. The molecule has 2 aromatic carbocycles. The minimum Gasteiger partial charge on any atom is -0.494 e. The summed E-state index contributed by atoms with van der Waals surface area (Å²) in [5.41, 5.74) is 1.37. The summed E-state index contributed by atoms with van der Waals surface area (Å²) in [6.45, 7) is 2.34. The molecule has 1 heterocycles. The SMILES string of the molecule is CCCOc1ccc(/C=C2\SC(=O)N(CC(=O)Nc3ccc(Br)cc3)C2=O)cc1. The molecule has 150 valence electrons. The van der Waals surface area contributed by atoms with Gasteiger partial charge in [0.1, 0.15) is 12.3 Å². The molecule has 29 heavy (non-hydrogen) atoms. The van der Waals surface area contributed by atoms with Gasteiger partial charge in [-0.25, -0.2) is 0 Å². The van der Waals surface area contributed by atoms with Gasteiger partial charge in [-0.1, -0.05) is 35.0 Å². The fourth-order valence-electron chi connectivity index (χ4n) is 2.55. The van der Waals surface area contributed by atoms with E-state index in [0.29, 0.717) is 12.3 Å². The zero-order chi connectivity index (χ0) is 20.8. The van der Waals surface area contributed by atoms with E-state index < -0.39 is 17.1 Å². The van der Waals surface area contributed by atoms with Crippen LogP contribution < -0.4 is 10.1 Å². The molecule has 1 aliphatic rings. The third-order valence-corrected chi connectivity index (χ3v) is 5.39. The molecule has 0 radical (unpaired) electrons. The van der Waals surface area contributed by atoms with Crippen molar-refractivity contribution in [3.05, 3.63) is 63.5 Å². The molecule has 0 saturated carbocycles. The number of hydrogen-bond donors (Lipinski definition) is 1. The molecule has 8 heteroatoms. The average Bonchev–Trinajstić information content (AvgIpc) is 2.96. The van der Waals surface area contributed by atoms with Crippen molar-refractivity contribution in [1.82, 2.24) is 4.90 Å². The molecule has 1 N–H and O–H groups in total. The quantitative estimate of drug-likeness (QED) is 0.576. The largest absolute Gasteiger partial charge is 0.494 e. The molecule has 6 nitrogen and oxygen atoms in total. The van der Waals surface area contributed by atoms with Crippen molar-refractivity contribution >= 4 is 56.5 Å². The zero-order valence-corrected chi connectivity index (χ0v) is 18.1. The van der Waals surface area contributed by atoms with Crippen molar-refractivity contribution in [3.8, 4) is 5.75 Å². The second-order valence-corrected chi connectivity index (χ2v) is 8.15. The second-order valence-electron chi connectivity index (χ2n) is 6.24. The third-order valence-electron chi connectivity index (χ3n) is 3.95. The first-order valence-electron chi connectivity index (χ1n) is 9.00. The van der Waals surface area contributed by atoms with Crippen LogP contribution >= 0.6 is 27.7 Å². The molecule has 1 fully saturated rings. The van der Waals surface area contributed by atoms with Crippen molar-refractivity contribution in [2.45, 2.75) is 13.3 Å². The number of imide groups is 1. The van der Waals surface area contributed by atoms with E-state index in [0.717, 1.165) is 38.9 Å². The summed E-state index contributed by atoms with van der Waals surface area (Å²) in [5.74, 6) is -0.160. The number of anilines is 1. The molecule has 3 rings (SSSR count). The second kappa shape index (κ2) is 9.76. The first-order valence-corrected chi connectivity index (χ1v) is 10.6. The molecule has 0 spiro atoms. The minimum atomic E-state index is -0.475. The van der Waals surface area contributed by atoms with Crippen LogP contribution in [-0.2, 0) is 9.59 Å². The lowest BCUT2D eigenvalue weighted by atomic mass is 10.2. The number of benzene rings is 2. The molecule has 2 aromatic rings. The molecule has 0 unspecified atom stereocenters. The molecule has 0 aliphatic carbocycles. The lowest BCUT2D eigenvalue weighted by molar-refractivity contribution is -0.127. The van der Waals surface area contributed by atoms with Gasteiger partial charge in [0.2, 0.25) is 5.91 Å². The van der Waals surface area contributed by atoms with Gasteiger partial charge in [-0.15, -0.1) is 0 Å². The topological polar surface area (TPSA) is 75.7 Å². The molecule has 0 aromatic heterocycles. The van der Waals surface area contributed by atoms with Crippen LogP contribution in [0.3, 0.4) is 0 Å². The summed E-state index contributed by atoms with van der Waals surface area (Å²) in [5, 5.41) is 2.21. The summed E-state index contributed by atoms with van der Waals surface area (Å²) < 4.78 is 6.42. The highest BCUT2D eigenvalue weighted by Crippen LogP contribution is 2.32. The van der Waals surface area contributed by atoms with Gasteiger partial charge in [-0.3, -0.25) is 19.3 Å². The summed E-state index contributed by atoms with van der Waals surface area (Å²) >= 11 is 4.15. The summed E-state index contributed by atoms with van der Waals surface area (Å²) in [6.07, 6.45) is 2.56. The van der Waals surface area contributed by atoms with Crippen LogP contribution in [0.25, 0.3) is 6.08 Å². The van der Waals surface area contributed by atoms with E-state index in [1.807, 2.05) is 31.2 Å². The lowest BCUT2D eigenvalue weighted by Gasteiger charge is -2.12.